The first-order valence-corrected chi connectivity index (χ1v) is 14.1. The van der Waals surface area contributed by atoms with Crippen LogP contribution in [0.25, 0.3) is 0 Å². The smallest absolute Gasteiger partial charge is 0.283 e. The molecule has 0 bridgehead atoms. The second-order valence-electron chi connectivity index (χ2n) is 8.83. The second-order valence-corrected chi connectivity index (χ2v) is 12.5. The van der Waals surface area contributed by atoms with E-state index in [0.29, 0.717) is 0 Å². The Hall–Kier alpha value is -2.68. The lowest BCUT2D eigenvalue weighted by atomic mass is 9.95. The van der Waals surface area contributed by atoms with Crippen LogP contribution >= 0.6 is 7.92 Å². The SMILES string of the molecule is Cc1cc(C)c(P(c2ccccc2)c2ccccc2)c(C)c1.O=S(=O)(O)C1(F)C=CC(F)C(F)(F)C1(F)F. The van der Waals surface area contributed by atoms with Crippen LogP contribution in [0, 0.1) is 20.8 Å². The predicted octanol–water partition coefficient (Wildman–Crippen LogP) is 6.09. The van der Waals surface area contributed by atoms with E-state index in [0.717, 1.165) is 0 Å². The fourth-order valence-corrected chi connectivity index (χ4v) is 7.47. The molecule has 0 spiro atoms. The second kappa shape index (κ2) is 10.8. The van der Waals surface area contributed by atoms with Crippen LogP contribution in [0.2, 0.25) is 0 Å². The zero-order valence-corrected chi connectivity index (χ0v) is 22.3. The zero-order valence-electron chi connectivity index (χ0n) is 20.5. The maximum absolute atomic E-state index is 13.2. The Balaban J connectivity index is 0.000000223. The van der Waals surface area contributed by atoms with Gasteiger partial charge in [0.2, 0.25) is 0 Å². The van der Waals surface area contributed by atoms with Crippen LogP contribution in [0.4, 0.5) is 26.3 Å². The van der Waals surface area contributed by atoms with Crippen molar-refractivity contribution in [2.75, 3.05) is 0 Å². The standard InChI is InChI=1S/C21H21P.C6H4F6O3S/c1-16-14-17(2)21(18(3)15-16)22(19-10-6-4-7-11-19)20-12-8-5-9-13-20;7-3-1-2-4(8,16(13,14)15)6(11,12)5(3,9)10/h4-15H,1-3H3;1-3H,(H,13,14,15). The highest BCUT2D eigenvalue weighted by Gasteiger charge is 2.79. The van der Waals surface area contributed by atoms with E-state index < -0.39 is 47.1 Å². The van der Waals surface area contributed by atoms with Crippen LogP contribution in [0.1, 0.15) is 16.7 Å². The van der Waals surface area contributed by atoms with Gasteiger partial charge in [0.05, 0.1) is 0 Å². The van der Waals surface area contributed by atoms with E-state index in [1.807, 2.05) is 0 Å². The molecule has 2 atom stereocenters. The third kappa shape index (κ3) is 5.40. The molecule has 1 aliphatic rings. The Labute approximate surface area is 218 Å². The molecule has 0 aromatic heterocycles. The lowest BCUT2D eigenvalue weighted by molar-refractivity contribution is -0.264. The molecule has 0 saturated heterocycles. The summed E-state index contributed by atoms with van der Waals surface area (Å²) >= 11 is 0. The lowest BCUT2D eigenvalue weighted by Gasteiger charge is -2.37. The summed E-state index contributed by atoms with van der Waals surface area (Å²) in [4.78, 5) is 0. The summed E-state index contributed by atoms with van der Waals surface area (Å²) in [7, 11) is -6.68. The largest absolute Gasteiger partial charge is 0.367 e. The Kier molecular flexibility index (Phi) is 8.51. The van der Waals surface area contributed by atoms with Gasteiger partial charge in [-0.25, -0.2) is 8.78 Å². The quantitative estimate of drug-likeness (QED) is 0.178. The van der Waals surface area contributed by atoms with E-state index in [1.165, 1.54) is 32.6 Å². The molecule has 0 aliphatic heterocycles. The molecular formula is C27H25F6O3PS. The molecule has 3 nitrogen and oxygen atoms in total. The summed E-state index contributed by atoms with van der Waals surface area (Å²) in [6, 6.07) is 26.4. The average molecular weight is 575 g/mol. The minimum absolute atomic E-state index is 0.384. The molecule has 38 heavy (non-hydrogen) atoms. The molecule has 3 aromatic carbocycles. The summed E-state index contributed by atoms with van der Waals surface area (Å²) in [5.41, 5.74) is 4.14. The summed E-state index contributed by atoms with van der Waals surface area (Å²) in [5.74, 6) is -11.5. The molecule has 2 unspecified atom stereocenters. The molecule has 1 N–H and O–H groups in total. The molecule has 0 amide bonds. The fourth-order valence-electron chi connectivity index (χ4n) is 4.17. The van der Waals surface area contributed by atoms with Crippen LogP contribution < -0.4 is 15.9 Å². The molecular weight excluding hydrogens is 549 g/mol. The lowest BCUT2D eigenvalue weighted by Crippen LogP contribution is -2.64. The van der Waals surface area contributed by atoms with Crippen molar-refractivity contribution in [3.63, 3.8) is 0 Å². The highest BCUT2D eigenvalue weighted by molar-refractivity contribution is 7.87. The van der Waals surface area contributed by atoms with Gasteiger partial charge >= 0.3 is 27.0 Å². The first-order valence-electron chi connectivity index (χ1n) is 11.3. The van der Waals surface area contributed by atoms with Crippen molar-refractivity contribution in [2.45, 2.75) is 43.8 Å². The monoisotopic (exact) mass is 574 g/mol. The van der Waals surface area contributed by atoms with Crippen molar-refractivity contribution in [1.82, 2.24) is 0 Å². The van der Waals surface area contributed by atoms with Crippen LogP contribution in [0.5, 0.6) is 0 Å². The van der Waals surface area contributed by atoms with Gasteiger partial charge in [-0.15, -0.1) is 0 Å². The van der Waals surface area contributed by atoms with E-state index in [2.05, 4.69) is 93.6 Å². The summed E-state index contributed by atoms with van der Waals surface area (Å²) in [5, 5.41) is -0.720. The van der Waals surface area contributed by atoms with Gasteiger partial charge in [-0.1, -0.05) is 78.4 Å². The van der Waals surface area contributed by atoms with Gasteiger partial charge in [-0.05, 0) is 67.9 Å². The van der Waals surface area contributed by atoms with Crippen molar-refractivity contribution in [3.05, 3.63) is 102 Å². The first-order chi connectivity index (χ1) is 17.5. The molecule has 204 valence electrons. The van der Waals surface area contributed by atoms with Gasteiger partial charge in [-0.3, -0.25) is 4.55 Å². The van der Waals surface area contributed by atoms with E-state index in [-0.39, 0.29) is 6.08 Å². The number of aryl methyl sites for hydroxylation is 3. The molecule has 4 rings (SSSR count). The summed E-state index contributed by atoms with van der Waals surface area (Å²) < 4.78 is 105. The van der Waals surface area contributed by atoms with Crippen LogP contribution in [-0.2, 0) is 10.1 Å². The van der Waals surface area contributed by atoms with Gasteiger partial charge in [0, 0.05) is 0 Å². The number of hydrogen-bond donors (Lipinski definition) is 1. The predicted molar refractivity (Wildman–Crippen MR) is 139 cm³/mol. The van der Waals surface area contributed by atoms with E-state index in [1.54, 1.807) is 0 Å². The number of halogens is 6. The minimum atomic E-state index is -6.18. The molecule has 0 fully saturated rings. The highest BCUT2D eigenvalue weighted by atomic mass is 32.2. The van der Waals surface area contributed by atoms with Gasteiger partial charge in [-0.2, -0.15) is 26.0 Å². The van der Waals surface area contributed by atoms with Crippen LogP contribution in [0.15, 0.2) is 84.9 Å². The molecule has 1 aliphatic carbocycles. The van der Waals surface area contributed by atoms with Gasteiger partial charge in [0.15, 0.2) is 6.17 Å². The molecule has 0 radical (unpaired) electrons. The number of hydrogen-bond acceptors (Lipinski definition) is 2. The minimum Gasteiger partial charge on any atom is -0.283 e. The molecule has 0 heterocycles. The average Bonchev–Trinajstić information content (AvgIpc) is 2.84. The molecule has 0 saturated carbocycles. The number of rotatable bonds is 4. The number of benzene rings is 3. The summed E-state index contributed by atoms with van der Waals surface area (Å²) in [6.45, 7) is 6.67. The Morgan fingerprint density at radius 2 is 1.21 bits per heavy atom. The Bertz CT molecular complexity index is 1350. The van der Waals surface area contributed by atoms with E-state index >= 15 is 0 Å². The van der Waals surface area contributed by atoms with Crippen molar-refractivity contribution in [1.29, 1.82) is 0 Å². The fraction of sp³-hybridized carbons (Fsp3) is 0.259. The van der Waals surface area contributed by atoms with Crippen molar-refractivity contribution >= 4 is 34.0 Å². The molecule has 11 heteroatoms. The third-order valence-electron chi connectivity index (χ3n) is 5.94. The maximum Gasteiger partial charge on any atom is 0.367 e. The van der Waals surface area contributed by atoms with Gasteiger partial charge in [0.25, 0.3) is 0 Å². The van der Waals surface area contributed by atoms with Crippen molar-refractivity contribution in [2.24, 2.45) is 0 Å². The summed E-state index contributed by atoms with van der Waals surface area (Å²) in [6.07, 6.45) is -4.57. The number of allylic oxidation sites excluding steroid dienone is 1. The third-order valence-corrected chi connectivity index (χ3v) is 9.86. The number of alkyl halides is 6. The Morgan fingerprint density at radius 3 is 1.61 bits per heavy atom. The zero-order chi connectivity index (χ0) is 28.5. The first kappa shape index (κ1) is 29.9. The van der Waals surface area contributed by atoms with Crippen molar-refractivity contribution in [3.8, 4) is 0 Å². The van der Waals surface area contributed by atoms with Crippen molar-refractivity contribution < 1.29 is 39.3 Å². The molecule has 3 aromatic rings. The highest BCUT2D eigenvalue weighted by Crippen LogP contribution is 2.53. The normalized spacial score (nSPS) is 22.0. The van der Waals surface area contributed by atoms with Crippen LogP contribution in [0.3, 0.4) is 0 Å². The Morgan fingerprint density at radius 1 is 0.789 bits per heavy atom. The van der Waals surface area contributed by atoms with E-state index in [4.69, 9.17) is 4.55 Å². The van der Waals surface area contributed by atoms with Gasteiger partial charge in [0.1, 0.15) is 0 Å². The van der Waals surface area contributed by atoms with Crippen LogP contribution in [-0.4, -0.2) is 36.0 Å². The topological polar surface area (TPSA) is 54.4 Å². The maximum atomic E-state index is 13.2. The van der Waals surface area contributed by atoms with E-state index in [9.17, 15) is 34.8 Å². The van der Waals surface area contributed by atoms with Gasteiger partial charge < -0.3 is 0 Å².